The highest BCUT2D eigenvalue weighted by Gasteiger charge is 2.30. The van der Waals surface area contributed by atoms with Crippen LogP contribution in [-0.4, -0.2) is 42.2 Å². The maximum Gasteiger partial charge on any atom is 0.262 e. The van der Waals surface area contributed by atoms with Crippen LogP contribution in [0.2, 0.25) is 0 Å². The van der Waals surface area contributed by atoms with E-state index >= 15 is 0 Å². The highest BCUT2D eigenvalue weighted by atomic mass is 19.3. The molecule has 0 aromatic rings. The zero-order valence-corrected chi connectivity index (χ0v) is 7.85. The molecule has 0 aromatic heterocycles. The van der Waals surface area contributed by atoms with E-state index in [4.69, 9.17) is 5.11 Å². The summed E-state index contributed by atoms with van der Waals surface area (Å²) < 4.78 is 25.7. The van der Waals surface area contributed by atoms with Crippen LogP contribution in [-0.2, 0) is 0 Å². The molecule has 0 unspecified atom stereocenters. The molecule has 1 N–H and O–H groups in total. The van der Waals surface area contributed by atoms with E-state index in [0.29, 0.717) is 0 Å². The summed E-state index contributed by atoms with van der Waals surface area (Å²) >= 11 is 0. The lowest BCUT2D eigenvalue weighted by Gasteiger charge is -2.26. The number of halogens is 2. The van der Waals surface area contributed by atoms with E-state index < -0.39 is 19.0 Å². The van der Waals surface area contributed by atoms with Gasteiger partial charge in [0, 0.05) is 19.1 Å². The van der Waals surface area contributed by atoms with Gasteiger partial charge in [-0.25, -0.2) is 8.78 Å². The Morgan fingerprint density at radius 1 is 1.42 bits per heavy atom. The second-order valence-electron chi connectivity index (χ2n) is 3.34. The molecule has 0 rings (SSSR count). The molecule has 0 fully saturated rings. The molecule has 0 saturated heterocycles. The van der Waals surface area contributed by atoms with Crippen molar-refractivity contribution in [3.8, 4) is 0 Å². The zero-order chi connectivity index (χ0) is 9.78. The lowest BCUT2D eigenvalue weighted by molar-refractivity contribution is -0.0495. The van der Waals surface area contributed by atoms with Crippen molar-refractivity contribution in [3.05, 3.63) is 0 Å². The summed E-state index contributed by atoms with van der Waals surface area (Å²) in [5, 5.41) is 8.35. The quantitative estimate of drug-likeness (QED) is 0.692. The summed E-state index contributed by atoms with van der Waals surface area (Å²) in [6.07, 6.45) is -0.454. The lowest BCUT2D eigenvalue weighted by atomic mass is 10.2. The average molecular weight is 181 g/mol. The fourth-order valence-electron chi connectivity index (χ4n) is 0.790. The Hall–Kier alpha value is -0.220. The molecule has 0 bridgehead atoms. The largest absolute Gasteiger partial charge is 0.396 e. The van der Waals surface area contributed by atoms with Crippen molar-refractivity contribution in [2.24, 2.45) is 0 Å². The van der Waals surface area contributed by atoms with Gasteiger partial charge in [0.2, 0.25) is 0 Å². The van der Waals surface area contributed by atoms with Gasteiger partial charge in [-0.1, -0.05) is 0 Å². The van der Waals surface area contributed by atoms with Gasteiger partial charge in [0.05, 0.1) is 6.54 Å². The van der Waals surface area contributed by atoms with Crippen molar-refractivity contribution < 1.29 is 13.9 Å². The minimum atomic E-state index is -2.77. The second-order valence-corrected chi connectivity index (χ2v) is 3.34. The van der Waals surface area contributed by atoms with E-state index in [1.54, 1.807) is 11.9 Å². The van der Waals surface area contributed by atoms with Gasteiger partial charge in [0.1, 0.15) is 0 Å². The molecule has 0 heterocycles. The Kier molecular flexibility index (Phi) is 4.63. The summed E-state index contributed by atoms with van der Waals surface area (Å²) in [6, 6.07) is 0.106. The van der Waals surface area contributed by atoms with Crippen LogP contribution in [0.3, 0.4) is 0 Å². The monoisotopic (exact) mass is 181 g/mol. The van der Waals surface area contributed by atoms with Gasteiger partial charge in [-0.2, -0.15) is 0 Å². The number of hydrogen-bond donors (Lipinski definition) is 1. The van der Waals surface area contributed by atoms with Crippen LogP contribution in [0.15, 0.2) is 0 Å². The van der Waals surface area contributed by atoms with Gasteiger partial charge in [-0.15, -0.1) is 0 Å². The van der Waals surface area contributed by atoms with Crippen LogP contribution in [0.5, 0.6) is 0 Å². The molecule has 0 radical (unpaired) electrons. The first-order chi connectivity index (χ1) is 5.39. The van der Waals surface area contributed by atoms with Crippen molar-refractivity contribution in [2.45, 2.75) is 32.2 Å². The molecule has 0 aromatic carbocycles. The third kappa shape index (κ3) is 4.62. The van der Waals surface area contributed by atoms with Crippen LogP contribution >= 0.6 is 0 Å². The van der Waals surface area contributed by atoms with Crippen molar-refractivity contribution >= 4 is 0 Å². The van der Waals surface area contributed by atoms with Crippen molar-refractivity contribution in [3.63, 3.8) is 0 Å². The minimum absolute atomic E-state index is 0.106. The fourth-order valence-corrected chi connectivity index (χ4v) is 0.790. The molecule has 0 atom stereocenters. The van der Waals surface area contributed by atoms with Crippen LogP contribution in [0, 0.1) is 0 Å². The Labute approximate surface area is 72.2 Å². The summed E-state index contributed by atoms with van der Waals surface area (Å²) in [4.78, 5) is 1.57. The van der Waals surface area contributed by atoms with E-state index in [-0.39, 0.29) is 12.6 Å². The van der Waals surface area contributed by atoms with Crippen LogP contribution in [0.1, 0.15) is 20.3 Å². The molecule has 0 aliphatic heterocycles. The van der Waals surface area contributed by atoms with Gasteiger partial charge in [0.25, 0.3) is 5.92 Å². The molecule has 2 nitrogen and oxygen atoms in total. The SMILES string of the molecule is CC(C)N(C)CC(F)(F)CCO. The van der Waals surface area contributed by atoms with Crippen LogP contribution in [0.25, 0.3) is 0 Å². The molecule has 0 amide bonds. The Morgan fingerprint density at radius 3 is 2.25 bits per heavy atom. The van der Waals surface area contributed by atoms with E-state index in [1.165, 1.54) is 0 Å². The summed E-state index contributed by atoms with van der Waals surface area (Å²) in [5.74, 6) is -2.77. The van der Waals surface area contributed by atoms with Gasteiger partial charge >= 0.3 is 0 Å². The molecule has 74 valence electrons. The summed E-state index contributed by atoms with van der Waals surface area (Å²) in [7, 11) is 1.65. The molecular weight excluding hydrogens is 164 g/mol. The molecular formula is C8H17F2NO. The molecule has 0 spiro atoms. The van der Waals surface area contributed by atoms with Crippen LogP contribution < -0.4 is 0 Å². The predicted octanol–water partition coefficient (Wildman–Crippen LogP) is 1.34. The normalized spacial score (nSPS) is 13.0. The Balaban J connectivity index is 3.87. The van der Waals surface area contributed by atoms with Crippen LogP contribution in [0.4, 0.5) is 8.78 Å². The molecule has 0 aliphatic carbocycles. The third-order valence-electron chi connectivity index (χ3n) is 1.84. The van der Waals surface area contributed by atoms with Crippen molar-refractivity contribution in [1.29, 1.82) is 0 Å². The van der Waals surface area contributed by atoms with Gasteiger partial charge in [-0.05, 0) is 20.9 Å². The third-order valence-corrected chi connectivity index (χ3v) is 1.84. The second kappa shape index (κ2) is 4.72. The van der Waals surface area contributed by atoms with Crippen molar-refractivity contribution in [1.82, 2.24) is 4.90 Å². The lowest BCUT2D eigenvalue weighted by Crippen LogP contribution is -2.38. The average Bonchev–Trinajstić information content (AvgIpc) is 1.85. The van der Waals surface area contributed by atoms with E-state index in [2.05, 4.69) is 0 Å². The van der Waals surface area contributed by atoms with Gasteiger partial charge in [0.15, 0.2) is 0 Å². The number of aliphatic hydroxyl groups is 1. The number of nitrogens with zero attached hydrogens (tertiary/aromatic N) is 1. The highest BCUT2D eigenvalue weighted by molar-refractivity contribution is 4.71. The van der Waals surface area contributed by atoms with Crippen molar-refractivity contribution in [2.75, 3.05) is 20.2 Å². The summed E-state index contributed by atoms with van der Waals surface area (Å²) in [6.45, 7) is 2.97. The first-order valence-electron chi connectivity index (χ1n) is 4.08. The van der Waals surface area contributed by atoms with Gasteiger partial charge < -0.3 is 5.11 Å². The maximum absolute atomic E-state index is 12.8. The smallest absolute Gasteiger partial charge is 0.262 e. The summed E-state index contributed by atoms with van der Waals surface area (Å²) in [5.41, 5.74) is 0. The standard InChI is InChI=1S/C8H17F2NO/c1-7(2)11(3)6-8(9,10)4-5-12/h7,12H,4-6H2,1-3H3. The van der Waals surface area contributed by atoms with E-state index in [0.717, 1.165) is 0 Å². The predicted molar refractivity (Wildman–Crippen MR) is 44.4 cm³/mol. The first kappa shape index (κ1) is 11.8. The minimum Gasteiger partial charge on any atom is -0.396 e. The molecule has 4 heteroatoms. The molecule has 0 aliphatic rings. The number of alkyl halides is 2. The zero-order valence-electron chi connectivity index (χ0n) is 7.85. The van der Waals surface area contributed by atoms with E-state index in [1.807, 2.05) is 13.8 Å². The van der Waals surface area contributed by atoms with E-state index in [9.17, 15) is 8.78 Å². The Morgan fingerprint density at radius 2 is 1.92 bits per heavy atom. The number of rotatable bonds is 5. The molecule has 0 saturated carbocycles. The molecule has 12 heavy (non-hydrogen) atoms. The number of aliphatic hydroxyl groups excluding tert-OH is 1. The Bertz CT molecular complexity index is 128. The van der Waals surface area contributed by atoms with Gasteiger partial charge in [-0.3, -0.25) is 4.90 Å². The fraction of sp³-hybridized carbons (Fsp3) is 1.00. The topological polar surface area (TPSA) is 23.5 Å². The first-order valence-corrected chi connectivity index (χ1v) is 4.08. The maximum atomic E-state index is 12.8. The highest BCUT2D eigenvalue weighted by Crippen LogP contribution is 2.19. The number of hydrogen-bond acceptors (Lipinski definition) is 2.